The van der Waals surface area contributed by atoms with E-state index in [1.807, 2.05) is 60.7 Å². The lowest BCUT2D eigenvalue weighted by molar-refractivity contribution is 0.236. The zero-order valence-corrected chi connectivity index (χ0v) is 11.2. The van der Waals surface area contributed by atoms with E-state index in [4.69, 9.17) is 4.74 Å². The van der Waals surface area contributed by atoms with Crippen molar-refractivity contribution in [2.75, 3.05) is 13.2 Å². The molecule has 0 aliphatic carbocycles. The molecule has 0 bridgehead atoms. The fourth-order valence-corrected chi connectivity index (χ4v) is 1.69. The molecule has 2 aromatic carbocycles. The van der Waals surface area contributed by atoms with Gasteiger partial charge in [-0.3, -0.25) is 0 Å². The summed E-state index contributed by atoms with van der Waals surface area (Å²) in [4.78, 5) is 11.5. The standard InChI is InChI=1S/C16H18N2O2/c19-16(18-13-14-7-3-1-4-8-14)17-11-12-20-15-9-5-2-6-10-15/h1-10H,11-13H2,(H2,17,18,19). The summed E-state index contributed by atoms with van der Waals surface area (Å²) in [5, 5.41) is 5.54. The zero-order chi connectivity index (χ0) is 14.0. The van der Waals surface area contributed by atoms with Gasteiger partial charge in [0.2, 0.25) is 0 Å². The molecule has 2 aromatic rings. The Labute approximate surface area is 118 Å². The number of para-hydroxylation sites is 1. The highest BCUT2D eigenvalue weighted by Gasteiger charge is 1.99. The van der Waals surface area contributed by atoms with E-state index < -0.39 is 0 Å². The molecule has 20 heavy (non-hydrogen) atoms. The molecule has 104 valence electrons. The fourth-order valence-electron chi connectivity index (χ4n) is 1.69. The van der Waals surface area contributed by atoms with Crippen LogP contribution in [0.1, 0.15) is 5.56 Å². The molecular weight excluding hydrogens is 252 g/mol. The number of hydrogen-bond acceptors (Lipinski definition) is 2. The Morgan fingerprint density at radius 3 is 2.25 bits per heavy atom. The molecule has 2 N–H and O–H groups in total. The van der Waals surface area contributed by atoms with Crippen molar-refractivity contribution < 1.29 is 9.53 Å². The van der Waals surface area contributed by atoms with Crippen LogP contribution in [-0.2, 0) is 6.54 Å². The van der Waals surface area contributed by atoms with Gasteiger partial charge >= 0.3 is 6.03 Å². The highest BCUT2D eigenvalue weighted by molar-refractivity contribution is 5.73. The Morgan fingerprint density at radius 2 is 1.55 bits per heavy atom. The van der Waals surface area contributed by atoms with Gasteiger partial charge in [0.1, 0.15) is 12.4 Å². The molecule has 0 saturated heterocycles. The molecule has 0 atom stereocenters. The van der Waals surface area contributed by atoms with Crippen molar-refractivity contribution in [2.24, 2.45) is 0 Å². The molecule has 0 heterocycles. The van der Waals surface area contributed by atoms with Gasteiger partial charge in [0.15, 0.2) is 0 Å². The second kappa shape index (κ2) is 7.84. The molecule has 0 radical (unpaired) electrons. The zero-order valence-electron chi connectivity index (χ0n) is 11.2. The molecule has 4 heteroatoms. The molecule has 4 nitrogen and oxygen atoms in total. The van der Waals surface area contributed by atoms with E-state index in [2.05, 4.69) is 10.6 Å². The van der Waals surface area contributed by atoms with Crippen LogP contribution in [0.4, 0.5) is 4.79 Å². The highest BCUT2D eigenvalue weighted by atomic mass is 16.5. The topological polar surface area (TPSA) is 50.4 Å². The normalized spacial score (nSPS) is 9.80. The monoisotopic (exact) mass is 270 g/mol. The molecule has 0 aliphatic heterocycles. The molecule has 2 amide bonds. The van der Waals surface area contributed by atoms with E-state index >= 15 is 0 Å². The van der Waals surface area contributed by atoms with Crippen molar-refractivity contribution in [1.82, 2.24) is 10.6 Å². The van der Waals surface area contributed by atoms with Crippen LogP contribution in [0.3, 0.4) is 0 Å². The van der Waals surface area contributed by atoms with Gasteiger partial charge in [0.25, 0.3) is 0 Å². The van der Waals surface area contributed by atoms with Crippen molar-refractivity contribution in [3.8, 4) is 5.75 Å². The average molecular weight is 270 g/mol. The summed E-state index contributed by atoms with van der Waals surface area (Å²) in [5.41, 5.74) is 1.07. The minimum absolute atomic E-state index is 0.189. The van der Waals surface area contributed by atoms with Crippen molar-refractivity contribution in [2.45, 2.75) is 6.54 Å². The predicted octanol–water partition coefficient (Wildman–Crippen LogP) is 2.56. The summed E-state index contributed by atoms with van der Waals surface area (Å²) >= 11 is 0. The second-order valence-electron chi connectivity index (χ2n) is 4.26. The molecule has 0 spiro atoms. The van der Waals surface area contributed by atoms with Gasteiger partial charge in [-0.25, -0.2) is 4.79 Å². The molecule has 0 aromatic heterocycles. The van der Waals surface area contributed by atoms with Crippen LogP contribution >= 0.6 is 0 Å². The maximum Gasteiger partial charge on any atom is 0.315 e. The molecule has 0 aliphatic rings. The molecular formula is C16H18N2O2. The summed E-state index contributed by atoms with van der Waals surface area (Å²) in [6, 6.07) is 19.1. The number of urea groups is 1. The minimum atomic E-state index is -0.189. The van der Waals surface area contributed by atoms with Crippen LogP contribution in [-0.4, -0.2) is 19.2 Å². The second-order valence-corrected chi connectivity index (χ2v) is 4.26. The third-order valence-electron chi connectivity index (χ3n) is 2.70. The van der Waals surface area contributed by atoms with Crippen molar-refractivity contribution in [3.63, 3.8) is 0 Å². The van der Waals surface area contributed by atoms with Gasteiger partial charge in [-0.15, -0.1) is 0 Å². The molecule has 2 rings (SSSR count). The largest absolute Gasteiger partial charge is 0.492 e. The average Bonchev–Trinajstić information content (AvgIpc) is 2.52. The molecule has 0 fully saturated rings. The van der Waals surface area contributed by atoms with Gasteiger partial charge in [-0.05, 0) is 17.7 Å². The number of nitrogens with one attached hydrogen (secondary N) is 2. The summed E-state index contributed by atoms with van der Waals surface area (Å²) in [7, 11) is 0. The maximum atomic E-state index is 11.5. The number of rotatable bonds is 6. The first-order valence-electron chi connectivity index (χ1n) is 6.58. The summed E-state index contributed by atoms with van der Waals surface area (Å²) < 4.78 is 5.48. The van der Waals surface area contributed by atoms with E-state index in [9.17, 15) is 4.79 Å². The first-order valence-corrected chi connectivity index (χ1v) is 6.58. The van der Waals surface area contributed by atoms with Crippen molar-refractivity contribution in [3.05, 3.63) is 66.2 Å². The third-order valence-corrected chi connectivity index (χ3v) is 2.70. The van der Waals surface area contributed by atoms with Crippen LogP contribution in [0.2, 0.25) is 0 Å². The number of hydrogen-bond donors (Lipinski definition) is 2. The smallest absolute Gasteiger partial charge is 0.315 e. The third kappa shape index (κ3) is 5.02. The van der Waals surface area contributed by atoms with Gasteiger partial charge in [-0.1, -0.05) is 48.5 Å². The van der Waals surface area contributed by atoms with E-state index in [-0.39, 0.29) is 6.03 Å². The Kier molecular flexibility index (Phi) is 5.46. The number of amides is 2. The lowest BCUT2D eigenvalue weighted by Gasteiger charge is -2.09. The molecule has 0 unspecified atom stereocenters. The van der Waals surface area contributed by atoms with Gasteiger partial charge < -0.3 is 15.4 Å². The van der Waals surface area contributed by atoms with Gasteiger partial charge in [0, 0.05) is 6.54 Å². The Hall–Kier alpha value is -2.49. The van der Waals surface area contributed by atoms with Crippen LogP contribution < -0.4 is 15.4 Å². The summed E-state index contributed by atoms with van der Waals surface area (Å²) in [5.74, 6) is 0.805. The summed E-state index contributed by atoms with van der Waals surface area (Å²) in [6.45, 7) is 1.44. The van der Waals surface area contributed by atoms with Gasteiger partial charge in [0.05, 0.1) is 6.54 Å². The number of carbonyl (C=O) groups excluding carboxylic acids is 1. The van der Waals surface area contributed by atoms with Crippen LogP contribution in [0.5, 0.6) is 5.75 Å². The maximum absolute atomic E-state index is 11.5. The van der Waals surface area contributed by atoms with Crippen molar-refractivity contribution in [1.29, 1.82) is 0 Å². The predicted molar refractivity (Wildman–Crippen MR) is 78.6 cm³/mol. The Balaban J connectivity index is 1.59. The Morgan fingerprint density at radius 1 is 0.900 bits per heavy atom. The number of benzene rings is 2. The van der Waals surface area contributed by atoms with Crippen LogP contribution in [0.15, 0.2) is 60.7 Å². The minimum Gasteiger partial charge on any atom is -0.492 e. The SMILES string of the molecule is O=C(NCCOc1ccccc1)NCc1ccccc1. The van der Waals surface area contributed by atoms with E-state index in [1.54, 1.807) is 0 Å². The first-order chi connectivity index (χ1) is 9.84. The number of carbonyl (C=O) groups is 1. The number of ether oxygens (including phenoxy) is 1. The van der Waals surface area contributed by atoms with Crippen LogP contribution in [0, 0.1) is 0 Å². The fraction of sp³-hybridized carbons (Fsp3) is 0.188. The lowest BCUT2D eigenvalue weighted by Crippen LogP contribution is -2.37. The van der Waals surface area contributed by atoms with E-state index in [0.717, 1.165) is 11.3 Å². The lowest BCUT2D eigenvalue weighted by atomic mass is 10.2. The first kappa shape index (κ1) is 13.9. The van der Waals surface area contributed by atoms with E-state index in [0.29, 0.717) is 19.7 Å². The van der Waals surface area contributed by atoms with Crippen molar-refractivity contribution >= 4 is 6.03 Å². The van der Waals surface area contributed by atoms with Gasteiger partial charge in [-0.2, -0.15) is 0 Å². The summed E-state index contributed by atoms with van der Waals surface area (Å²) in [6.07, 6.45) is 0. The highest BCUT2D eigenvalue weighted by Crippen LogP contribution is 2.07. The Bertz CT molecular complexity index is 515. The van der Waals surface area contributed by atoms with Crippen LogP contribution in [0.25, 0.3) is 0 Å². The molecule has 0 saturated carbocycles. The van der Waals surface area contributed by atoms with E-state index in [1.165, 1.54) is 0 Å². The quantitative estimate of drug-likeness (QED) is 0.793.